The number of halogens is 1. The Bertz CT molecular complexity index is 1220. The molecule has 8 heteroatoms. The maximum atomic E-state index is 12.8. The smallest absolute Gasteiger partial charge is 0.270 e. The molecule has 0 amide bonds. The maximum absolute atomic E-state index is 12.8. The van der Waals surface area contributed by atoms with Gasteiger partial charge in [0.2, 0.25) is 0 Å². The number of piperazine rings is 1. The topological polar surface area (TPSA) is 85.4 Å². The van der Waals surface area contributed by atoms with E-state index in [4.69, 9.17) is 0 Å². The Morgan fingerprint density at radius 3 is 2.63 bits per heavy atom. The summed E-state index contributed by atoms with van der Waals surface area (Å²) < 4.78 is 2.43. The molecule has 0 atom stereocenters. The number of aryl methyl sites for hydroxylation is 2. The van der Waals surface area contributed by atoms with E-state index in [1.807, 2.05) is 31.2 Å². The van der Waals surface area contributed by atoms with Gasteiger partial charge in [0.05, 0.1) is 11.2 Å². The monoisotopic (exact) mass is 467 g/mol. The summed E-state index contributed by atoms with van der Waals surface area (Å²) in [6.45, 7) is 5.38. The highest BCUT2D eigenvalue weighted by Crippen LogP contribution is 2.29. The first-order valence-corrected chi connectivity index (χ1v) is 10.5. The van der Waals surface area contributed by atoms with Crippen molar-refractivity contribution in [1.29, 1.82) is 5.26 Å². The summed E-state index contributed by atoms with van der Waals surface area (Å²) in [5.41, 5.74) is 3.59. The molecule has 30 heavy (non-hydrogen) atoms. The van der Waals surface area contributed by atoms with Crippen molar-refractivity contribution in [2.75, 3.05) is 31.1 Å². The standard InChI is InChI=1S/C22H22BrN5O2/c1-14-3-5-18-20(25-14)21(17(12-24)22(30)26(18)2)28-9-7-27(8-10-28)13-15-11-16(23)4-6-19(15)29/h3-6,11,29H,7-10,13H2,1-2H3. The van der Waals surface area contributed by atoms with Crippen molar-refractivity contribution in [2.45, 2.75) is 13.5 Å². The van der Waals surface area contributed by atoms with Gasteiger partial charge >= 0.3 is 0 Å². The van der Waals surface area contributed by atoms with Gasteiger partial charge < -0.3 is 14.6 Å². The van der Waals surface area contributed by atoms with E-state index in [1.165, 1.54) is 4.57 Å². The first-order valence-electron chi connectivity index (χ1n) is 9.74. The Hall–Kier alpha value is -2.89. The fraction of sp³-hybridized carbons (Fsp3) is 0.318. The van der Waals surface area contributed by atoms with Crippen LogP contribution < -0.4 is 10.5 Å². The summed E-state index contributed by atoms with van der Waals surface area (Å²) in [6, 6.07) is 11.3. The first kappa shape index (κ1) is 20.4. The van der Waals surface area contributed by atoms with Crippen LogP contribution in [0.25, 0.3) is 11.0 Å². The van der Waals surface area contributed by atoms with E-state index in [0.717, 1.165) is 34.3 Å². The molecular formula is C22H22BrN5O2. The van der Waals surface area contributed by atoms with Gasteiger partial charge in [-0.1, -0.05) is 15.9 Å². The zero-order valence-electron chi connectivity index (χ0n) is 16.9. The Morgan fingerprint density at radius 2 is 1.93 bits per heavy atom. The van der Waals surface area contributed by atoms with Crippen LogP contribution >= 0.6 is 15.9 Å². The number of nitriles is 1. The number of fused-ring (bicyclic) bond motifs is 1. The Morgan fingerprint density at radius 1 is 1.20 bits per heavy atom. The first-order chi connectivity index (χ1) is 14.4. The largest absolute Gasteiger partial charge is 0.508 e. The number of hydrogen-bond donors (Lipinski definition) is 1. The highest BCUT2D eigenvalue weighted by Gasteiger charge is 2.25. The highest BCUT2D eigenvalue weighted by molar-refractivity contribution is 9.10. The van der Waals surface area contributed by atoms with Gasteiger partial charge in [-0.15, -0.1) is 0 Å². The molecule has 3 heterocycles. The summed E-state index contributed by atoms with van der Waals surface area (Å²) >= 11 is 3.45. The number of hydrogen-bond acceptors (Lipinski definition) is 6. The van der Waals surface area contributed by atoms with E-state index in [-0.39, 0.29) is 16.9 Å². The van der Waals surface area contributed by atoms with E-state index in [0.29, 0.717) is 30.8 Å². The van der Waals surface area contributed by atoms with Crippen LogP contribution in [0.3, 0.4) is 0 Å². The Balaban J connectivity index is 1.64. The zero-order valence-corrected chi connectivity index (χ0v) is 18.5. The van der Waals surface area contributed by atoms with E-state index in [9.17, 15) is 15.2 Å². The molecule has 1 N–H and O–H groups in total. The third kappa shape index (κ3) is 3.66. The third-order valence-electron chi connectivity index (χ3n) is 5.59. The zero-order chi connectivity index (χ0) is 21.4. The molecule has 3 aromatic rings. The lowest BCUT2D eigenvalue weighted by Gasteiger charge is -2.36. The second-order valence-corrected chi connectivity index (χ2v) is 8.47. The van der Waals surface area contributed by atoms with Crippen LogP contribution in [0.4, 0.5) is 5.69 Å². The van der Waals surface area contributed by atoms with Crippen molar-refractivity contribution in [1.82, 2.24) is 14.5 Å². The average Bonchev–Trinajstić information content (AvgIpc) is 2.74. The number of benzene rings is 1. The fourth-order valence-electron chi connectivity index (χ4n) is 3.95. The van der Waals surface area contributed by atoms with Gasteiger partial charge in [0.25, 0.3) is 5.56 Å². The molecule has 154 valence electrons. The fourth-order valence-corrected chi connectivity index (χ4v) is 4.36. The third-order valence-corrected chi connectivity index (χ3v) is 6.08. The molecule has 0 aliphatic carbocycles. The van der Waals surface area contributed by atoms with Gasteiger partial charge in [-0.25, -0.2) is 4.98 Å². The minimum atomic E-state index is -0.299. The van der Waals surface area contributed by atoms with E-state index >= 15 is 0 Å². The van der Waals surface area contributed by atoms with Crippen LogP contribution in [0, 0.1) is 18.3 Å². The van der Waals surface area contributed by atoms with Gasteiger partial charge in [0.15, 0.2) is 0 Å². The van der Waals surface area contributed by atoms with Gasteiger partial charge in [0.1, 0.15) is 22.9 Å². The van der Waals surface area contributed by atoms with Gasteiger partial charge in [-0.05, 0) is 37.3 Å². The SMILES string of the molecule is Cc1ccc2c(n1)c(N1CCN(Cc3cc(Br)ccc3O)CC1)c(C#N)c(=O)n2C. The number of phenols is 1. The number of nitrogens with zero attached hydrogens (tertiary/aromatic N) is 5. The molecule has 4 rings (SSSR count). The predicted molar refractivity (Wildman–Crippen MR) is 120 cm³/mol. The second kappa shape index (κ2) is 8.09. The lowest BCUT2D eigenvalue weighted by Crippen LogP contribution is -2.47. The summed E-state index contributed by atoms with van der Waals surface area (Å²) in [6.07, 6.45) is 0. The quantitative estimate of drug-likeness (QED) is 0.637. The Kier molecular flexibility index (Phi) is 5.50. The molecule has 1 saturated heterocycles. The van der Waals surface area contributed by atoms with Crippen molar-refractivity contribution in [3.63, 3.8) is 0 Å². The van der Waals surface area contributed by atoms with Crippen molar-refractivity contribution in [2.24, 2.45) is 7.05 Å². The van der Waals surface area contributed by atoms with Gasteiger partial charge in [-0.3, -0.25) is 9.69 Å². The number of phenolic OH excluding ortho intramolecular Hbond substituents is 1. The predicted octanol–water partition coefficient (Wildman–Crippen LogP) is 2.90. The molecule has 0 saturated carbocycles. The molecule has 7 nitrogen and oxygen atoms in total. The van der Waals surface area contributed by atoms with Crippen LogP contribution in [0.2, 0.25) is 0 Å². The van der Waals surface area contributed by atoms with Crippen molar-refractivity contribution >= 4 is 32.7 Å². The van der Waals surface area contributed by atoms with Crippen LogP contribution in [0.15, 0.2) is 39.6 Å². The molecule has 1 fully saturated rings. The van der Waals surface area contributed by atoms with E-state index < -0.39 is 0 Å². The van der Waals surface area contributed by atoms with E-state index in [1.54, 1.807) is 13.1 Å². The second-order valence-electron chi connectivity index (χ2n) is 7.56. The van der Waals surface area contributed by atoms with Crippen molar-refractivity contribution in [3.05, 3.63) is 62.0 Å². The normalized spacial score (nSPS) is 14.8. The molecule has 0 unspecified atom stereocenters. The summed E-state index contributed by atoms with van der Waals surface area (Å²) in [5.74, 6) is 0.282. The molecule has 1 aliphatic rings. The average molecular weight is 468 g/mol. The molecule has 0 radical (unpaired) electrons. The van der Waals surface area contributed by atoms with Crippen LogP contribution in [0.1, 0.15) is 16.8 Å². The minimum Gasteiger partial charge on any atom is -0.508 e. The van der Waals surface area contributed by atoms with Crippen LogP contribution in [0.5, 0.6) is 5.75 Å². The maximum Gasteiger partial charge on any atom is 0.270 e. The van der Waals surface area contributed by atoms with Crippen LogP contribution in [-0.2, 0) is 13.6 Å². The lowest BCUT2D eigenvalue weighted by atomic mass is 10.1. The summed E-state index contributed by atoms with van der Waals surface area (Å²) in [4.78, 5) is 21.8. The molecular weight excluding hydrogens is 446 g/mol. The summed E-state index contributed by atoms with van der Waals surface area (Å²) in [5, 5.41) is 19.9. The molecule has 1 aliphatic heterocycles. The number of pyridine rings is 2. The summed E-state index contributed by atoms with van der Waals surface area (Å²) in [7, 11) is 1.68. The molecule has 0 bridgehead atoms. The molecule has 2 aromatic heterocycles. The van der Waals surface area contributed by atoms with E-state index in [2.05, 4.69) is 36.8 Å². The molecule has 0 spiro atoms. The Labute approximate surface area is 182 Å². The van der Waals surface area contributed by atoms with Crippen molar-refractivity contribution < 1.29 is 5.11 Å². The number of anilines is 1. The minimum absolute atomic E-state index is 0.140. The lowest BCUT2D eigenvalue weighted by molar-refractivity contribution is 0.247. The van der Waals surface area contributed by atoms with Crippen molar-refractivity contribution in [3.8, 4) is 11.8 Å². The van der Waals surface area contributed by atoms with Gasteiger partial charge in [-0.2, -0.15) is 5.26 Å². The van der Waals surface area contributed by atoms with Crippen LogP contribution in [-0.4, -0.2) is 45.7 Å². The number of aromatic hydroxyl groups is 1. The number of rotatable bonds is 3. The number of aromatic nitrogens is 2. The molecule has 1 aromatic carbocycles. The van der Waals surface area contributed by atoms with Gasteiger partial charge in [0, 0.05) is 55.5 Å². The highest BCUT2D eigenvalue weighted by atomic mass is 79.9.